The molecule has 1 aromatic heterocycles. The van der Waals surface area contributed by atoms with Crippen molar-refractivity contribution in [1.82, 2.24) is 9.55 Å². The largest absolute Gasteiger partial charge is 0.383 e. The second-order valence-corrected chi connectivity index (χ2v) is 5.15. The van der Waals surface area contributed by atoms with Gasteiger partial charge in [0, 0.05) is 31.6 Å². The lowest BCUT2D eigenvalue weighted by Crippen LogP contribution is -2.39. The second kappa shape index (κ2) is 5.97. The van der Waals surface area contributed by atoms with Gasteiger partial charge in [0.15, 0.2) is 5.82 Å². The van der Waals surface area contributed by atoms with E-state index >= 15 is 0 Å². The summed E-state index contributed by atoms with van der Waals surface area (Å²) in [6.45, 7) is 6.71. The lowest BCUT2D eigenvalue weighted by molar-refractivity contribution is 0.187. The Bertz CT molecular complexity index is 436. The van der Waals surface area contributed by atoms with Crippen LogP contribution in [0.25, 0.3) is 0 Å². The minimum absolute atomic E-state index is 0.119. The van der Waals surface area contributed by atoms with Crippen molar-refractivity contribution in [1.29, 1.82) is 0 Å². The van der Waals surface area contributed by atoms with Gasteiger partial charge in [-0.15, -0.1) is 0 Å². The van der Waals surface area contributed by atoms with Gasteiger partial charge in [-0.2, -0.15) is 0 Å². The molecular formula is C12H22N4O2. The number of nitrogens with one attached hydrogen (secondary N) is 1. The summed E-state index contributed by atoms with van der Waals surface area (Å²) in [7, 11) is 1.59. The zero-order valence-electron chi connectivity index (χ0n) is 11.4. The topological polar surface area (TPSA) is 82.2 Å². The third-order valence-corrected chi connectivity index (χ3v) is 2.56. The SMILES string of the molecule is COCC(CN)Nc1nccn(C(C)(C)C)c1=O. The molecule has 1 aromatic rings. The highest BCUT2D eigenvalue weighted by Crippen LogP contribution is 2.10. The van der Waals surface area contributed by atoms with E-state index in [-0.39, 0.29) is 17.1 Å². The second-order valence-electron chi connectivity index (χ2n) is 5.15. The van der Waals surface area contributed by atoms with Crippen molar-refractivity contribution in [3.8, 4) is 0 Å². The molecular weight excluding hydrogens is 232 g/mol. The number of methoxy groups -OCH3 is 1. The first-order valence-corrected chi connectivity index (χ1v) is 5.94. The Labute approximate surface area is 107 Å². The van der Waals surface area contributed by atoms with Crippen molar-refractivity contribution in [2.45, 2.75) is 32.4 Å². The molecule has 0 aliphatic carbocycles. The van der Waals surface area contributed by atoms with Crippen molar-refractivity contribution in [2.24, 2.45) is 5.73 Å². The van der Waals surface area contributed by atoms with Gasteiger partial charge >= 0.3 is 0 Å². The summed E-state index contributed by atoms with van der Waals surface area (Å²) in [5.74, 6) is 0.305. The molecule has 0 saturated heterocycles. The van der Waals surface area contributed by atoms with E-state index in [0.717, 1.165) is 0 Å². The zero-order valence-corrected chi connectivity index (χ0v) is 11.4. The van der Waals surface area contributed by atoms with E-state index < -0.39 is 0 Å². The van der Waals surface area contributed by atoms with Gasteiger partial charge in [-0.3, -0.25) is 4.79 Å². The number of hydrogen-bond donors (Lipinski definition) is 2. The highest BCUT2D eigenvalue weighted by Gasteiger charge is 2.17. The van der Waals surface area contributed by atoms with Crippen molar-refractivity contribution >= 4 is 5.82 Å². The Morgan fingerprint density at radius 1 is 1.56 bits per heavy atom. The molecule has 1 atom stereocenters. The molecule has 1 unspecified atom stereocenters. The van der Waals surface area contributed by atoms with Crippen molar-refractivity contribution in [2.75, 3.05) is 25.6 Å². The smallest absolute Gasteiger partial charge is 0.293 e. The highest BCUT2D eigenvalue weighted by atomic mass is 16.5. The van der Waals surface area contributed by atoms with E-state index in [0.29, 0.717) is 19.0 Å². The number of hydrogen-bond acceptors (Lipinski definition) is 5. The van der Waals surface area contributed by atoms with Gasteiger partial charge in [0.05, 0.1) is 12.6 Å². The molecule has 0 spiro atoms. The van der Waals surface area contributed by atoms with Crippen LogP contribution in [0.3, 0.4) is 0 Å². The molecule has 0 aliphatic rings. The number of ether oxygens (including phenoxy) is 1. The van der Waals surface area contributed by atoms with E-state index in [2.05, 4.69) is 10.3 Å². The molecule has 18 heavy (non-hydrogen) atoms. The first-order valence-electron chi connectivity index (χ1n) is 5.94. The molecule has 1 heterocycles. The molecule has 0 saturated carbocycles. The lowest BCUT2D eigenvalue weighted by Gasteiger charge is -2.23. The first-order chi connectivity index (χ1) is 8.40. The van der Waals surface area contributed by atoms with Crippen LogP contribution in [0.15, 0.2) is 17.2 Å². The van der Waals surface area contributed by atoms with Crippen LogP contribution in [0.1, 0.15) is 20.8 Å². The third kappa shape index (κ3) is 3.54. The number of nitrogens with two attached hydrogens (primary N) is 1. The average molecular weight is 254 g/mol. The molecule has 0 aliphatic heterocycles. The van der Waals surface area contributed by atoms with E-state index in [9.17, 15) is 4.79 Å². The van der Waals surface area contributed by atoms with Crippen LogP contribution in [-0.2, 0) is 10.3 Å². The maximum Gasteiger partial charge on any atom is 0.293 e. The molecule has 0 fully saturated rings. The van der Waals surface area contributed by atoms with Crippen molar-refractivity contribution < 1.29 is 4.74 Å². The summed E-state index contributed by atoms with van der Waals surface area (Å²) in [6, 6.07) is -0.119. The van der Waals surface area contributed by atoms with E-state index in [1.807, 2.05) is 20.8 Å². The van der Waals surface area contributed by atoms with Crippen LogP contribution in [-0.4, -0.2) is 35.9 Å². The fourth-order valence-electron chi connectivity index (χ4n) is 1.60. The number of nitrogens with zero attached hydrogens (tertiary/aromatic N) is 2. The summed E-state index contributed by atoms with van der Waals surface area (Å²) in [6.07, 6.45) is 3.29. The van der Waals surface area contributed by atoms with Crippen molar-refractivity contribution in [3.63, 3.8) is 0 Å². The van der Waals surface area contributed by atoms with Gasteiger partial charge in [-0.1, -0.05) is 0 Å². The lowest BCUT2D eigenvalue weighted by atomic mass is 10.1. The summed E-state index contributed by atoms with van der Waals surface area (Å²) in [4.78, 5) is 16.3. The van der Waals surface area contributed by atoms with Gasteiger partial charge in [-0.05, 0) is 20.8 Å². The molecule has 0 amide bonds. The van der Waals surface area contributed by atoms with Crippen LogP contribution in [0, 0.1) is 0 Å². The Balaban J connectivity index is 3.01. The number of anilines is 1. The standard InChI is InChI=1S/C12H22N4O2/c1-12(2,3)16-6-5-14-10(11(16)17)15-9(7-13)8-18-4/h5-6,9H,7-8,13H2,1-4H3,(H,14,15). The fourth-order valence-corrected chi connectivity index (χ4v) is 1.60. The van der Waals surface area contributed by atoms with E-state index in [4.69, 9.17) is 10.5 Å². The van der Waals surface area contributed by atoms with Gasteiger partial charge in [-0.25, -0.2) is 4.98 Å². The quantitative estimate of drug-likeness (QED) is 0.794. The Hall–Kier alpha value is -1.40. The molecule has 102 valence electrons. The Kier molecular flexibility index (Phi) is 4.86. The molecule has 0 radical (unpaired) electrons. The fraction of sp³-hybridized carbons (Fsp3) is 0.667. The maximum absolute atomic E-state index is 12.2. The van der Waals surface area contributed by atoms with Gasteiger partial charge in [0.1, 0.15) is 0 Å². The summed E-state index contributed by atoms with van der Waals surface area (Å²) >= 11 is 0. The number of rotatable bonds is 5. The minimum Gasteiger partial charge on any atom is -0.383 e. The monoisotopic (exact) mass is 254 g/mol. The first kappa shape index (κ1) is 14.7. The molecule has 0 bridgehead atoms. The zero-order chi connectivity index (χ0) is 13.8. The predicted molar refractivity (Wildman–Crippen MR) is 71.8 cm³/mol. The molecule has 6 heteroatoms. The van der Waals surface area contributed by atoms with E-state index in [1.54, 1.807) is 24.1 Å². The number of aromatic nitrogens is 2. The molecule has 0 aromatic carbocycles. The van der Waals surface area contributed by atoms with Crippen LogP contribution in [0.4, 0.5) is 5.82 Å². The van der Waals surface area contributed by atoms with E-state index in [1.165, 1.54) is 0 Å². The van der Waals surface area contributed by atoms with Crippen molar-refractivity contribution in [3.05, 3.63) is 22.7 Å². The van der Waals surface area contributed by atoms with Gasteiger partial charge < -0.3 is 20.4 Å². The predicted octanol–water partition coefficient (Wildman–Crippen LogP) is 0.384. The normalized spacial score (nSPS) is 13.4. The maximum atomic E-state index is 12.2. The van der Waals surface area contributed by atoms with Crippen LogP contribution < -0.4 is 16.6 Å². The van der Waals surface area contributed by atoms with Gasteiger partial charge in [0.2, 0.25) is 0 Å². The summed E-state index contributed by atoms with van der Waals surface area (Å²) < 4.78 is 6.67. The molecule has 3 N–H and O–H groups in total. The Morgan fingerprint density at radius 3 is 2.72 bits per heavy atom. The molecule has 6 nitrogen and oxygen atoms in total. The van der Waals surface area contributed by atoms with Crippen LogP contribution in [0.5, 0.6) is 0 Å². The summed E-state index contributed by atoms with van der Waals surface area (Å²) in [5.41, 5.74) is 5.17. The molecule has 1 rings (SSSR count). The third-order valence-electron chi connectivity index (χ3n) is 2.56. The summed E-state index contributed by atoms with van der Waals surface area (Å²) in [5, 5.41) is 3.02. The van der Waals surface area contributed by atoms with Crippen LogP contribution >= 0.6 is 0 Å². The van der Waals surface area contributed by atoms with Crippen LogP contribution in [0.2, 0.25) is 0 Å². The minimum atomic E-state index is -0.282. The highest BCUT2D eigenvalue weighted by molar-refractivity contribution is 5.32. The van der Waals surface area contributed by atoms with Gasteiger partial charge in [0.25, 0.3) is 5.56 Å². The average Bonchev–Trinajstić information content (AvgIpc) is 2.29. The Morgan fingerprint density at radius 2 is 2.22 bits per heavy atom.